The second-order valence-corrected chi connectivity index (χ2v) is 9.91. The zero-order valence-electron chi connectivity index (χ0n) is 20.2. The Labute approximate surface area is 218 Å². The summed E-state index contributed by atoms with van der Waals surface area (Å²) in [5.74, 6) is -0.525. The molecule has 1 saturated carbocycles. The molecule has 1 fully saturated rings. The van der Waals surface area contributed by atoms with Crippen LogP contribution in [0.15, 0.2) is 59.5 Å². The molecule has 0 saturated heterocycles. The first kappa shape index (κ1) is 24.7. The van der Waals surface area contributed by atoms with Gasteiger partial charge in [0.2, 0.25) is 0 Å². The molecule has 2 aromatic carbocycles. The number of carbonyl (C=O) groups excluding carboxylic acids is 1. The van der Waals surface area contributed by atoms with Gasteiger partial charge in [-0.05, 0) is 74.9 Å². The van der Waals surface area contributed by atoms with Gasteiger partial charge in [0, 0.05) is 18.8 Å². The highest BCUT2D eigenvalue weighted by Gasteiger charge is 2.26. The minimum atomic E-state index is -0.617. The van der Waals surface area contributed by atoms with Gasteiger partial charge < -0.3 is 5.32 Å². The molecule has 0 atom stereocenters. The van der Waals surface area contributed by atoms with E-state index in [1.807, 2.05) is 30.3 Å². The topological polar surface area (TPSA) is 92.7 Å². The molecule has 2 heterocycles. The van der Waals surface area contributed by atoms with Gasteiger partial charge in [0.25, 0.3) is 5.91 Å². The van der Waals surface area contributed by atoms with E-state index in [2.05, 4.69) is 10.3 Å². The van der Waals surface area contributed by atoms with Crippen LogP contribution in [0.5, 0.6) is 0 Å². The number of fused-ring (bicyclic) bond motifs is 1. The Morgan fingerprint density at radius 1 is 1.16 bits per heavy atom. The number of imidazole rings is 1. The maximum atomic E-state index is 13.9. The average Bonchev–Trinajstić information content (AvgIpc) is 3.18. The number of hydrogen-bond acceptors (Lipinski definition) is 4. The molecule has 0 spiro atoms. The van der Waals surface area contributed by atoms with Gasteiger partial charge in [-0.15, -0.1) is 0 Å². The molecule has 4 aromatic rings. The Balaban J connectivity index is 1.33. The number of benzene rings is 2. The second-order valence-electron chi connectivity index (χ2n) is 9.47. The van der Waals surface area contributed by atoms with Gasteiger partial charge in [-0.2, -0.15) is 5.26 Å². The van der Waals surface area contributed by atoms with E-state index < -0.39 is 5.82 Å². The minimum absolute atomic E-state index is 0.0452. The molecule has 1 aliphatic rings. The van der Waals surface area contributed by atoms with Crippen molar-refractivity contribution in [3.8, 4) is 11.8 Å². The van der Waals surface area contributed by atoms with Gasteiger partial charge in [0.15, 0.2) is 0 Å². The van der Waals surface area contributed by atoms with Gasteiger partial charge in [-0.1, -0.05) is 23.7 Å². The van der Waals surface area contributed by atoms with Crippen molar-refractivity contribution in [1.29, 1.82) is 5.26 Å². The Kier molecular flexibility index (Phi) is 6.81. The molecule has 0 aliphatic heterocycles. The molecule has 0 unspecified atom stereocenters. The molecule has 7 nitrogen and oxygen atoms in total. The Morgan fingerprint density at radius 3 is 2.62 bits per heavy atom. The van der Waals surface area contributed by atoms with E-state index in [1.54, 1.807) is 17.6 Å². The molecule has 1 amide bonds. The largest absolute Gasteiger partial charge is 0.349 e. The van der Waals surface area contributed by atoms with Crippen molar-refractivity contribution < 1.29 is 9.18 Å². The number of aryl methyl sites for hydroxylation is 1. The van der Waals surface area contributed by atoms with E-state index in [9.17, 15) is 19.2 Å². The van der Waals surface area contributed by atoms with Gasteiger partial charge in [0.05, 0.1) is 38.6 Å². The number of pyridine rings is 1. The van der Waals surface area contributed by atoms with Gasteiger partial charge in [-0.25, -0.2) is 9.18 Å². The number of nitrogens with zero attached hydrogens (tertiary/aromatic N) is 4. The van der Waals surface area contributed by atoms with E-state index in [0.29, 0.717) is 34.0 Å². The third-order valence-corrected chi connectivity index (χ3v) is 7.29. The molecule has 188 valence electrons. The predicted molar refractivity (Wildman–Crippen MR) is 139 cm³/mol. The fraction of sp³-hybridized carbons (Fsp3) is 0.286. The number of nitriles is 1. The van der Waals surface area contributed by atoms with E-state index >= 15 is 0 Å². The fourth-order valence-corrected chi connectivity index (χ4v) is 5.28. The second kappa shape index (κ2) is 10.2. The molecular weight excluding hydrogens is 493 g/mol. The van der Waals surface area contributed by atoms with Crippen LogP contribution in [0, 0.1) is 30.0 Å². The van der Waals surface area contributed by atoms with Crippen LogP contribution >= 0.6 is 11.6 Å². The Hall–Kier alpha value is -3.96. The summed E-state index contributed by atoms with van der Waals surface area (Å²) in [5.41, 5.74) is 2.73. The average molecular weight is 518 g/mol. The number of carbonyl (C=O) groups is 1. The lowest BCUT2D eigenvalue weighted by molar-refractivity contribution is 0.0919. The summed E-state index contributed by atoms with van der Waals surface area (Å²) >= 11 is 6.01. The first-order valence-corrected chi connectivity index (χ1v) is 12.6. The fourth-order valence-electron chi connectivity index (χ4n) is 5.12. The van der Waals surface area contributed by atoms with E-state index in [4.69, 9.17) is 11.6 Å². The predicted octanol–water partition coefficient (Wildman–Crippen LogP) is 5.15. The molecule has 0 bridgehead atoms. The van der Waals surface area contributed by atoms with Crippen LogP contribution in [-0.2, 0) is 6.54 Å². The summed E-state index contributed by atoms with van der Waals surface area (Å²) in [4.78, 5) is 30.5. The number of para-hydroxylation sites is 2. The highest BCUT2D eigenvalue weighted by atomic mass is 35.5. The van der Waals surface area contributed by atoms with E-state index in [-0.39, 0.29) is 29.1 Å². The van der Waals surface area contributed by atoms with Crippen molar-refractivity contribution in [1.82, 2.24) is 19.4 Å². The standard InChI is InChI=1S/C28H25ClFN5O2/c1-17-23(13-20(29)15-32-17)27(36)33-21-8-6-18(7-9-21)16-34-25-4-2-3-5-26(25)35(28(34)37)22-10-11-24(30)19(12-22)14-31/h2-5,10-13,15,18,21H,6-9,16H2,1H3,(H,33,36)/t18-,21-. The number of amides is 1. The van der Waals surface area contributed by atoms with Crippen LogP contribution in [0.2, 0.25) is 5.02 Å². The third kappa shape index (κ3) is 4.87. The van der Waals surface area contributed by atoms with Crippen molar-refractivity contribution in [3.63, 3.8) is 0 Å². The van der Waals surface area contributed by atoms with Crippen molar-refractivity contribution in [2.45, 2.75) is 45.2 Å². The van der Waals surface area contributed by atoms with Crippen molar-refractivity contribution >= 4 is 28.5 Å². The molecule has 1 N–H and O–H groups in total. The highest BCUT2D eigenvalue weighted by molar-refractivity contribution is 6.30. The summed E-state index contributed by atoms with van der Waals surface area (Å²) in [6.07, 6.45) is 4.86. The Morgan fingerprint density at radius 2 is 1.89 bits per heavy atom. The Bertz CT molecular complexity index is 1590. The highest BCUT2D eigenvalue weighted by Crippen LogP contribution is 2.28. The molecule has 9 heteroatoms. The van der Waals surface area contributed by atoms with Gasteiger partial charge in [-0.3, -0.25) is 18.9 Å². The van der Waals surface area contributed by atoms with Crippen LogP contribution in [0.4, 0.5) is 4.39 Å². The van der Waals surface area contributed by atoms with E-state index in [1.165, 1.54) is 29.0 Å². The zero-order valence-corrected chi connectivity index (χ0v) is 21.0. The maximum Gasteiger partial charge on any atom is 0.333 e. The first-order chi connectivity index (χ1) is 17.9. The SMILES string of the molecule is Cc1ncc(Cl)cc1C(=O)N[C@H]1CC[C@H](Cn2c(=O)n(-c3ccc(F)c(C#N)c3)c3ccccc32)CC1. The summed E-state index contributed by atoms with van der Waals surface area (Å²) in [7, 11) is 0. The van der Waals surface area contributed by atoms with Crippen LogP contribution in [0.25, 0.3) is 16.7 Å². The number of nitrogens with one attached hydrogen (secondary N) is 1. The maximum absolute atomic E-state index is 13.9. The van der Waals surface area contributed by atoms with E-state index in [0.717, 1.165) is 31.2 Å². The smallest absolute Gasteiger partial charge is 0.333 e. The number of hydrogen-bond donors (Lipinski definition) is 1. The summed E-state index contributed by atoms with van der Waals surface area (Å²) in [6, 6.07) is 15.1. The van der Waals surface area contributed by atoms with Crippen LogP contribution < -0.4 is 11.0 Å². The lowest BCUT2D eigenvalue weighted by Gasteiger charge is -2.29. The van der Waals surface area contributed by atoms with Crippen LogP contribution in [0.1, 0.15) is 47.3 Å². The zero-order chi connectivity index (χ0) is 26.1. The van der Waals surface area contributed by atoms with Gasteiger partial charge >= 0.3 is 5.69 Å². The van der Waals surface area contributed by atoms with Crippen molar-refractivity contribution in [3.05, 3.63) is 92.9 Å². The third-order valence-electron chi connectivity index (χ3n) is 7.09. The molecular formula is C28H25ClFN5O2. The lowest BCUT2D eigenvalue weighted by Crippen LogP contribution is -2.39. The van der Waals surface area contributed by atoms with Crippen LogP contribution in [-0.4, -0.2) is 26.1 Å². The molecule has 1 aliphatic carbocycles. The van der Waals surface area contributed by atoms with Gasteiger partial charge in [0.1, 0.15) is 11.9 Å². The minimum Gasteiger partial charge on any atom is -0.349 e. The monoisotopic (exact) mass is 517 g/mol. The molecule has 2 aromatic heterocycles. The van der Waals surface area contributed by atoms with Crippen molar-refractivity contribution in [2.24, 2.45) is 5.92 Å². The van der Waals surface area contributed by atoms with Crippen molar-refractivity contribution in [2.75, 3.05) is 0 Å². The molecule has 0 radical (unpaired) electrons. The molecule has 5 rings (SSSR count). The lowest BCUT2D eigenvalue weighted by atomic mass is 9.85. The first-order valence-electron chi connectivity index (χ1n) is 12.2. The summed E-state index contributed by atoms with van der Waals surface area (Å²) in [6.45, 7) is 2.32. The number of rotatable bonds is 5. The molecule has 37 heavy (non-hydrogen) atoms. The number of aromatic nitrogens is 3. The summed E-state index contributed by atoms with van der Waals surface area (Å²) in [5, 5.41) is 12.8. The summed E-state index contributed by atoms with van der Waals surface area (Å²) < 4.78 is 17.2. The number of halogens is 2. The normalized spacial score (nSPS) is 17.5. The van der Waals surface area contributed by atoms with Crippen LogP contribution in [0.3, 0.4) is 0 Å². The quantitative estimate of drug-likeness (QED) is 0.396.